The van der Waals surface area contributed by atoms with E-state index in [-0.39, 0.29) is 29.1 Å². The number of nitrogens with zero attached hydrogens (tertiary/aromatic N) is 3. The molecule has 0 aromatic carbocycles. The van der Waals surface area contributed by atoms with Crippen molar-refractivity contribution in [2.45, 2.75) is 18.9 Å². The highest BCUT2D eigenvalue weighted by Gasteiger charge is 2.31. The Morgan fingerprint density at radius 2 is 2.42 bits per heavy atom. The summed E-state index contributed by atoms with van der Waals surface area (Å²) in [5.74, 6) is -0.433. The summed E-state index contributed by atoms with van der Waals surface area (Å²) in [7, 11) is 0. The molecule has 1 N–H and O–H groups in total. The number of amides is 1. The summed E-state index contributed by atoms with van der Waals surface area (Å²) in [6.45, 7) is 0.370. The fourth-order valence-corrected chi connectivity index (χ4v) is 2.32. The quantitative estimate of drug-likeness (QED) is 0.512. The first-order chi connectivity index (χ1) is 9.04. The molecule has 0 unspecified atom stereocenters. The molecule has 0 spiro atoms. The van der Waals surface area contributed by atoms with E-state index in [0.717, 1.165) is 18.7 Å². The molecule has 0 saturated carbocycles. The lowest BCUT2D eigenvalue weighted by atomic mass is 10.2. The number of nitro groups is 1. The highest BCUT2D eigenvalue weighted by molar-refractivity contribution is 6.32. The van der Waals surface area contributed by atoms with Crippen molar-refractivity contribution in [3.8, 4) is 0 Å². The van der Waals surface area contributed by atoms with Crippen LogP contribution < -0.4 is 0 Å². The number of pyridine rings is 1. The molecule has 19 heavy (non-hydrogen) atoms. The molecule has 0 radical (unpaired) electrons. The second-order valence-electron chi connectivity index (χ2n) is 4.27. The van der Waals surface area contributed by atoms with Crippen molar-refractivity contribution in [2.75, 3.05) is 13.2 Å². The van der Waals surface area contributed by atoms with Crippen LogP contribution in [0.2, 0.25) is 5.15 Å². The Morgan fingerprint density at radius 3 is 3.05 bits per heavy atom. The van der Waals surface area contributed by atoms with Gasteiger partial charge in [-0.05, 0) is 12.8 Å². The lowest BCUT2D eigenvalue weighted by Crippen LogP contribution is -2.37. The minimum atomic E-state index is -0.631. The van der Waals surface area contributed by atoms with Crippen molar-refractivity contribution < 1.29 is 14.8 Å². The molecule has 0 aliphatic carbocycles. The Kier molecular flexibility index (Phi) is 3.96. The van der Waals surface area contributed by atoms with Gasteiger partial charge in [0.15, 0.2) is 0 Å². The molecule has 7 nitrogen and oxygen atoms in total. The zero-order valence-corrected chi connectivity index (χ0v) is 10.7. The monoisotopic (exact) mass is 285 g/mol. The van der Waals surface area contributed by atoms with E-state index in [1.54, 1.807) is 0 Å². The number of hydrogen-bond acceptors (Lipinski definition) is 5. The smallest absolute Gasteiger partial charge is 0.288 e. The van der Waals surface area contributed by atoms with Crippen LogP contribution in [0.5, 0.6) is 0 Å². The van der Waals surface area contributed by atoms with E-state index in [4.69, 9.17) is 11.6 Å². The normalized spacial score (nSPS) is 18.6. The van der Waals surface area contributed by atoms with Crippen LogP contribution in [0.1, 0.15) is 23.2 Å². The first-order valence-corrected chi connectivity index (χ1v) is 6.14. The summed E-state index contributed by atoms with van der Waals surface area (Å²) in [6, 6.07) is 0.854. The number of aromatic nitrogens is 1. The summed E-state index contributed by atoms with van der Waals surface area (Å²) in [6.07, 6.45) is 2.51. The number of aliphatic hydroxyl groups is 1. The number of hydrogen-bond donors (Lipinski definition) is 1. The van der Waals surface area contributed by atoms with E-state index in [2.05, 4.69) is 4.98 Å². The Hall–Kier alpha value is -1.73. The number of halogens is 1. The first-order valence-electron chi connectivity index (χ1n) is 5.76. The molecule has 1 fully saturated rings. The van der Waals surface area contributed by atoms with Crippen LogP contribution in [-0.4, -0.2) is 45.0 Å². The Morgan fingerprint density at radius 1 is 1.68 bits per heavy atom. The van der Waals surface area contributed by atoms with Gasteiger partial charge in [0.05, 0.1) is 23.1 Å². The minimum absolute atomic E-state index is 0.00350. The maximum absolute atomic E-state index is 12.3. The lowest BCUT2D eigenvalue weighted by molar-refractivity contribution is -0.385. The van der Waals surface area contributed by atoms with E-state index in [1.165, 1.54) is 4.90 Å². The molecule has 1 aromatic heterocycles. The molecule has 1 aromatic rings. The fourth-order valence-electron chi connectivity index (χ4n) is 2.13. The zero-order valence-electron chi connectivity index (χ0n) is 9.95. The highest BCUT2D eigenvalue weighted by Crippen LogP contribution is 2.25. The fraction of sp³-hybridized carbons (Fsp3) is 0.455. The van der Waals surface area contributed by atoms with Gasteiger partial charge in [0.25, 0.3) is 11.6 Å². The summed E-state index contributed by atoms with van der Waals surface area (Å²) in [5.41, 5.74) is -0.288. The molecular weight excluding hydrogens is 274 g/mol. The average Bonchev–Trinajstić information content (AvgIpc) is 2.86. The van der Waals surface area contributed by atoms with Crippen molar-refractivity contribution >= 4 is 23.2 Å². The summed E-state index contributed by atoms with van der Waals surface area (Å²) in [5, 5.41) is 19.8. The minimum Gasteiger partial charge on any atom is -0.394 e. The molecule has 1 atom stereocenters. The van der Waals surface area contributed by atoms with Gasteiger partial charge in [-0.2, -0.15) is 0 Å². The van der Waals surface area contributed by atoms with Crippen molar-refractivity contribution in [1.29, 1.82) is 0 Å². The van der Waals surface area contributed by atoms with Crippen molar-refractivity contribution in [3.05, 3.63) is 33.1 Å². The summed E-state index contributed by atoms with van der Waals surface area (Å²) in [4.78, 5) is 27.5. The van der Waals surface area contributed by atoms with Gasteiger partial charge in [-0.1, -0.05) is 11.6 Å². The molecule has 102 valence electrons. The van der Waals surface area contributed by atoms with Crippen LogP contribution in [0, 0.1) is 10.1 Å². The third kappa shape index (κ3) is 2.66. The van der Waals surface area contributed by atoms with E-state index in [1.807, 2.05) is 0 Å². The highest BCUT2D eigenvalue weighted by atomic mass is 35.5. The van der Waals surface area contributed by atoms with Gasteiger partial charge in [0.2, 0.25) is 0 Å². The summed E-state index contributed by atoms with van der Waals surface area (Å²) >= 11 is 5.82. The summed E-state index contributed by atoms with van der Waals surface area (Å²) < 4.78 is 0. The number of rotatable bonds is 3. The predicted octanol–water partition coefficient (Wildman–Crippen LogP) is 1.24. The van der Waals surface area contributed by atoms with E-state index in [0.29, 0.717) is 13.0 Å². The number of carbonyl (C=O) groups is 1. The molecular formula is C11H12ClN3O4. The molecule has 0 bridgehead atoms. The van der Waals surface area contributed by atoms with Crippen molar-refractivity contribution in [1.82, 2.24) is 9.88 Å². The third-order valence-corrected chi connectivity index (χ3v) is 3.42. The molecule has 1 saturated heterocycles. The third-order valence-electron chi connectivity index (χ3n) is 3.11. The SMILES string of the molecule is O=C(c1cc([N+](=O)[O-])cnc1Cl)N1CCC[C@H]1CO. The number of carbonyl (C=O) groups excluding carboxylic acids is 1. The number of likely N-dealkylation sites (tertiary alicyclic amines) is 1. The van der Waals surface area contributed by atoms with Gasteiger partial charge in [-0.25, -0.2) is 4.98 Å². The van der Waals surface area contributed by atoms with Crippen molar-refractivity contribution in [2.24, 2.45) is 0 Å². The molecule has 2 heterocycles. The Balaban J connectivity index is 2.32. The van der Waals surface area contributed by atoms with Gasteiger partial charge in [0.1, 0.15) is 11.3 Å². The Bertz CT molecular complexity index is 523. The molecule has 2 rings (SSSR count). The van der Waals surface area contributed by atoms with Crippen LogP contribution in [0.15, 0.2) is 12.3 Å². The molecule has 1 amide bonds. The second kappa shape index (κ2) is 5.50. The van der Waals surface area contributed by atoms with Crippen LogP contribution in [0.4, 0.5) is 5.69 Å². The van der Waals surface area contributed by atoms with Crippen LogP contribution in [0.25, 0.3) is 0 Å². The van der Waals surface area contributed by atoms with E-state index >= 15 is 0 Å². The average molecular weight is 286 g/mol. The number of aliphatic hydroxyl groups excluding tert-OH is 1. The standard InChI is InChI=1S/C11H12ClN3O4/c12-10-9(4-8(5-13-10)15(18)19)11(17)14-3-1-2-7(14)6-16/h4-5,7,16H,1-3,6H2/t7-/m0/s1. The zero-order chi connectivity index (χ0) is 14.0. The molecule has 8 heteroatoms. The first kappa shape index (κ1) is 13.7. The Labute approximate surface area is 114 Å². The predicted molar refractivity (Wildman–Crippen MR) is 67.0 cm³/mol. The lowest BCUT2D eigenvalue weighted by Gasteiger charge is -2.23. The van der Waals surface area contributed by atoms with Gasteiger partial charge in [-0.15, -0.1) is 0 Å². The largest absolute Gasteiger partial charge is 0.394 e. The van der Waals surface area contributed by atoms with E-state index in [9.17, 15) is 20.0 Å². The molecule has 1 aliphatic heterocycles. The second-order valence-corrected chi connectivity index (χ2v) is 4.62. The topological polar surface area (TPSA) is 96.6 Å². The van der Waals surface area contributed by atoms with Gasteiger partial charge < -0.3 is 10.0 Å². The van der Waals surface area contributed by atoms with Gasteiger partial charge in [-0.3, -0.25) is 14.9 Å². The molecule has 1 aliphatic rings. The van der Waals surface area contributed by atoms with Gasteiger partial charge >= 0.3 is 0 Å². The maximum atomic E-state index is 12.3. The van der Waals surface area contributed by atoms with Crippen LogP contribution >= 0.6 is 11.6 Å². The van der Waals surface area contributed by atoms with Gasteiger partial charge in [0, 0.05) is 12.6 Å². The maximum Gasteiger partial charge on any atom is 0.288 e. The van der Waals surface area contributed by atoms with Crippen LogP contribution in [0.3, 0.4) is 0 Å². The van der Waals surface area contributed by atoms with Crippen molar-refractivity contribution in [3.63, 3.8) is 0 Å². The van der Waals surface area contributed by atoms with Crippen LogP contribution in [-0.2, 0) is 0 Å². The van der Waals surface area contributed by atoms with E-state index < -0.39 is 10.8 Å².